The molecule has 180 valence electrons. The van der Waals surface area contributed by atoms with Crippen LogP contribution in [-0.2, 0) is 11.2 Å². The summed E-state index contributed by atoms with van der Waals surface area (Å²) >= 11 is 0. The zero-order valence-corrected chi connectivity index (χ0v) is 20.6. The quantitative estimate of drug-likeness (QED) is 0.615. The second-order valence-corrected chi connectivity index (χ2v) is 9.91. The van der Waals surface area contributed by atoms with E-state index in [0.717, 1.165) is 40.8 Å². The third kappa shape index (κ3) is 5.61. The van der Waals surface area contributed by atoms with Crippen molar-refractivity contribution in [3.05, 3.63) is 64.7 Å². The van der Waals surface area contributed by atoms with Gasteiger partial charge in [-0.05, 0) is 86.6 Å². The summed E-state index contributed by atoms with van der Waals surface area (Å²) in [6.07, 6.45) is 2.53. The monoisotopic (exact) mass is 462 g/mol. The number of amides is 1. The molecule has 2 aliphatic rings. The molecule has 0 atom stereocenters. The van der Waals surface area contributed by atoms with Gasteiger partial charge in [-0.15, -0.1) is 0 Å². The third-order valence-electron chi connectivity index (χ3n) is 6.33. The van der Waals surface area contributed by atoms with Crippen LogP contribution >= 0.6 is 0 Å². The standard InChI is InChI=1S/C28H34N2O4/c1-28(2,3)34-27(32)30-15-13-21(24(14-16-30)19-5-9-22(29-4)10-6-19)18-33-23-11-7-20-8-12-26(31)25(20)17-23/h5-7,9-11,17,29H,8,12-16,18H2,1-4H3. The largest absolute Gasteiger partial charge is 0.489 e. The molecular weight excluding hydrogens is 428 g/mol. The molecule has 0 spiro atoms. The molecule has 34 heavy (non-hydrogen) atoms. The molecule has 0 radical (unpaired) electrons. The number of Topliss-reactive ketones (excluding diaryl/α,β-unsaturated/α-hetero) is 1. The number of carbonyl (C=O) groups excluding carboxylic acids is 2. The summed E-state index contributed by atoms with van der Waals surface area (Å²) in [5.74, 6) is 0.895. The Hall–Kier alpha value is -3.28. The second-order valence-electron chi connectivity index (χ2n) is 9.91. The topological polar surface area (TPSA) is 67.9 Å². The van der Waals surface area contributed by atoms with E-state index in [1.165, 1.54) is 5.57 Å². The Labute approximate surface area is 201 Å². The Balaban J connectivity index is 1.55. The summed E-state index contributed by atoms with van der Waals surface area (Å²) in [6.45, 7) is 7.24. The molecule has 0 saturated heterocycles. The average Bonchev–Trinajstić information content (AvgIpc) is 3.03. The van der Waals surface area contributed by atoms with E-state index < -0.39 is 5.60 Å². The SMILES string of the molecule is CNc1ccc(C2=C(COc3ccc4c(c3)C(=O)CC4)CCN(C(=O)OC(C)(C)C)CC2)cc1. The Morgan fingerprint density at radius 2 is 1.74 bits per heavy atom. The number of hydrogen-bond donors (Lipinski definition) is 1. The molecule has 1 heterocycles. The van der Waals surface area contributed by atoms with Crippen molar-refractivity contribution in [2.24, 2.45) is 0 Å². The Morgan fingerprint density at radius 3 is 2.44 bits per heavy atom. The number of carbonyl (C=O) groups is 2. The molecule has 1 amide bonds. The van der Waals surface area contributed by atoms with E-state index in [9.17, 15) is 9.59 Å². The summed E-state index contributed by atoms with van der Waals surface area (Å²) in [5, 5.41) is 3.16. The van der Waals surface area contributed by atoms with Crippen LogP contribution in [0.3, 0.4) is 0 Å². The normalized spacial score (nSPS) is 16.2. The van der Waals surface area contributed by atoms with Gasteiger partial charge < -0.3 is 19.7 Å². The molecular formula is C28H34N2O4. The van der Waals surface area contributed by atoms with Gasteiger partial charge in [0.05, 0.1) is 0 Å². The summed E-state index contributed by atoms with van der Waals surface area (Å²) in [5.41, 5.74) is 5.90. The van der Waals surface area contributed by atoms with Gasteiger partial charge in [0.15, 0.2) is 5.78 Å². The fourth-order valence-corrected chi connectivity index (χ4v) is 4.49. The van der Waals surface area contributed by atoms with Crippen molar-refractivity contribution >= 4 is 23.1 Å². The van der Waals surface area contributed by atoms with Gasteiger partial charge >= 0.3 is 6.09 Å². The third-order valence-corrected chi connectivity index (χ3v) is 6.33. The van der Waals surface area contributed by atoms with Crippen molar-refractivity contribution in [1.29, 1.82) is 0 Å². The van der Waals surface area contributed by atoms with Crippen LogP contribution in [0, 0.1) is 0 Å². The maximum atomic E-state index is 12.7. The number of anilines is 1. The molecule has 6 heteroatoms. The highest BCUT2D eigenvalue weighted by atomic mass is 16.6. The first-order valence-electron chi connectivity index (χ1n) is 12.0. The number of hydrogen-bond acceptors (Lipinski definition) is 5. The van der Waals surface area contributed by atoms with Gasteiger partial charge in [-0.1, -0.05) is 18.2 Å². The van der Waals surface area contributed by atoms with Crippen LogP contribution in [0.5, 0.6) is 5.75 Å². The van der Waals surface area contributed by atoms with Crippen molar-refractivity contribution < 1.29 is 19.1 Å². The first kappa shape index (κ1) is 23.9. The predicted octanol–water partition coefficient (Wildman–Crippen LogP) is 5.72. The summed E-state index contributed by atoms with van der Waals surface area (Å²) in [6, 6.07) is 14.2. The molecule has 4 rings (SSSR count). The van der Waals surface area contributed by atoms with Crippen molar-refractivity contribution in [3.63, 3.8) is 0 Å². The Kier molecular flexibility index (Phi) is 6.96. The lowest BCUT2D eigenvalue weighted by molar-refractivity contribution is 0.0259. The van der Waals surface area contributed by atoms with Gasteiger partial charge in [0.2, 0.25) is 0 Å². The van der Waals surface area contributed by atoms with Crippen molar-refractivity contribution in [3.8, 4) is 5.75 Å². The maximum Gasteiger partial charge on any atom is 0.410 e. The van der Waals surface area contributed by atoms with Gasteiger partial charge in [0, 0.05) is 37.8 Å². The predicted molar refractivity (Wildman–Crippen MR) is 135 cm³/mol. The molecule has 2 aromatic rings. The van der Waals surface area contributed by atoms with E-state index in [-0.39, 0.29) is 11.9 Å². The lowest BCUT2D eigenvalue weighted by atomic mass is 9.96. The highest BCUT2D eigenvalue weighted by molar-refractivity contribution is 6.00. The zero-order valence-electron chi connectivity index (χ0n) is 20.6. The molecule has 0 saturated carbocycles. The van der Waals surface area contributed by atoms with Crippen molar-refractivity contribution in [2.45, 2.75) is 52.1 Å². The molecule has 0 aromatic heterocycles. The highest BCUT2D eigenvalue weighted by Gasteiger charge is 2.26. The lowest BCUT2D eigenvalue weighted by Crippen LogP contribution is -2.37. The molecule has 1 N–H and O–H groups in total. The number of aryl methyl sites for hydroxylation is 1. The number of nitrogens with zero attached hydrogens (tertiary/aromatic N) is 1. The van der Waals surface area contributed by atoms with E-state index in [1.54, 1.807) is 4.90 Å². The number of benzene rings is 2. The van der Waals surface area contributed by atoms with Crippen LogP contribution in [0.4, 0.5) is 10.5 Å². The number of rotatable bonds is 5. The zero-order chi connectivity index (χ0) is 24.3. The van der Waals surface area contributed by atoms with E-state index in [1.807, 2.05) is 46.0 Å². The minimum Gasteiger partial charge on any atom is -0.489 e. The maximum absolute atomic E-state index is 12.7. The highest BCUT2D eigenvalue weighted by Crippen LogP contribution is 2.31. The lowest BCUT2D eigenvalue weighted by Gasteiger charge is -2.26. The summed E-state index contributed by atoms with van der Waals surface area (Å²) in [7, 11) is 1.90. The fourth-order valence-electron chi connectivity index (χ4n) is 4.49. The molecule has 1 aliphatic heterocycles. The van der Waals surface area contributed by atoms with Gasteiger partial charge in [-0.3, -0.25) is 4.79 Å². The fraction of sp³-hybridized carbons (Fsp3) is 0.429. The van der Waals surface area contributed by atoms with Crippen LogP contribution in [0.15, 0.2) is 48.0 Å². The van der Waals surface area contributed by atoms with Crippen LogP contribution in [0.2, 0.25) is 0 Å². The first-order valence-corrected chi connectivity index (χ1v) is 12.0. The number of ketones is 1. The summed E-state index contributed by atoms with van der Waals surface area (Å²) < 4.78 is 11.8. The average molecular weight is 463 g/mol. The van der Waals surface area contributed by atoms with Gasteiger partial charge in [0.25, 0.3) is 0 Å². The van der Waals surface area contributed by atoms with Crippen LogP contribution in [0.1, 0.15) is 61.5 Å². The van der Waals surface area contributed by atoms with Gasteiger partial charge in [0.1, 0.15) is 18.0 Å². The molecule has 1 aliphatic carbocycles. The summed E-state index contributed by atoms with van der Waals surface area (Å²) in [4.78, 5) is 26.7. The second kappa shape index (κ2) is 9.92. The van der Waals surface area contributed by atoms with E-state index in [4.69, 9.17) is 9.47 Å². The number of ether oxygens (including phenoxy) is 2. The number of nitrogens with one attached hydrogen (secondary N) is 1. The van der Waals surface area contributed by atoms with E-state index in [0.29, 0.717) is 38.3 Å². The molecule has 0 unspecified atom stereocenters. The molecule has 0 fully saturated rings. The van der Waals surface area contributed by atoms with Crippen LogP contribution in [-0.4, -0.2) is 49.1 Å². The van der Waals surface area contributed by atoms with Crippen LogP contribution < -0.4 is 10.1 Å². The minimum absolute atomic E-state index is 0.187. The van der Waals surface area contributed by atoms with Gasteiger partial charge in [-0.25, -0.2) is 4.79 Å². The van der Waals surface area contributed by atoms with E-state index >= 15 is 0 Å². The molecule has 2 aromatic carbocycles. The van der Waals surface area contributed by atoms with Crippen molar-refractivity contribution in [1.82, 2.24) is 4.90 Å². The smallest absolute Gasteiger partial charge is 0.410 e. The Morgan fingerprint density at radius 1 is 1.00 bits per heavy atom. The van der Waals surface area contributed by atoms with Crippen molar-refractivity contribution in [2.75, 3.05) is 32.1 Å². The Bertz CT molecular complexity index is 1100. The van der Waals surface area contributed by atoms with Gasteiger partial charge in [-0.2, -0.15) is 0 Å². The van der Waals surface area contributed by atoms with E-state index in [2.05, 4.69) is 29.6 Å². The molecule has 0 bridgehead atoms. The van der Waals surface area contributed by atoms with Crippen LogP contribution in [0.25, 0.3) is 5.57 Å². The first-order chi connectivity index (χ1) is 16.2. The minimum atomic E-state index is -0.528. The molecule has 6 nitrogen and oxygen atoms in total. The number of fused-ring (bicyclic) bond motifs is 1.